The molecule has 0 aromatic carbocycles. The fraction of sp³-hybridized carbons (Fsp3) is 0.639. The Morgan fingerprint density at radius 1 is 0.708 bits per heavy atom. The van der Waals surface area contributed by atoms with E-state index in [4.69, 9.17) is 42.6 Å². The minimum atomic E-state index is -1.97. The summed E-state index contributed by atoms with van der Waals surface area (Å²) in [4.78, 5) is 43.6. The monoisotopic (exact) mass is 672 g/mol. The predicted octanol–water partition coefficient (Wildman–Crippen LogP) is 3.27. The van der Waals surface area contributed by atoms with Crippen molar-refractivity contribution in [1.82, 2.24) is 0 Å². The van der Waals surface area contributed by atoms with Crippen LogP contribution in [0.1, 0.15) is 25.7 Å². The third kappa shape index (κ3) is 4.03. The van der Waals surface area contributed by atoms with Crippen molar-refractivity contribution in [3.05, 3.63) is 60.4 Å². The fourth-order valence-corrected chi connectivity index (χ4v) is 9.98. The number of methoxy groups -OCH3 is 9. The summed E-state index contributed by atoms with van der Waals surface area (Å²) >= 11 is 0. The van der Waals surface area contributed by atoms with Gasteiger partial charge in [0.1, 0.15) is 0 Å². The van der Waals surface area contributed by atoms with Gasteiger partial charge in [0.15, 0.2) is 17.0 Å². The van der Waals surface area contributed by atoms with Crippen LogP contribution >= 0.6 is 0 Å². The molecule has 48 heavy (non-hydrogen) atoms. The lowest BCUT2D eigenvalue weighted by Crippen LogP contribution is -2.81. The fourth-order valence-electron chi connectivity index (χ4n) is 9.98. The molecule has 0 unspecified atom stereocenters. The molecule has 0 amide bonds. The Labute approximate surface area is 282 Å². The van der Waals surface area contributed by atoms with E-state index in [2.05, 4.69) is 13.2 Å². The average molecular weight is 673 g/mol. The number of hydrogen-bond acceptors (Lipinski definition) is 12. The lowest BCUT2D eigenvalue weighted by atomic mass is 9.41. The van der Waals surface area contributed by atoms with E-state index in [1.165, 1.54) is 64.0 Å². The van der Waals surface area contributed by atoms with Crippen molar-refractivity contribution in [3.63, 3.8) is 0 Å². The van der Waals surface area contributed by atoms with E-state index in [0.717, 1.165) is 5.57 Å². The van der Waals surface area contributed by atoms with Gasteiger partial charge in [-0.3, -0.25) is 14.4 Å². The van der Waals surface area contributed by atoms with Crippen LogP contribution in [0, 0.1) is 29.1 Å². The van der Waals surface area contributed by atoms with E-state index in [-0.39, 0.29) is 24.4 Å². The van der Waals surface area contributed by atoms with Gasteiger partial charge in [0, 0.05) is 80.0 Å². The maximum Gasteiger partial charge on any atom is 0.256 e. The first-order valence-corrected chi connectivity index (χ1v) is 15.9. The smallest absolute Gasteiger partial charge is 0.256 e. The molecule has 12 nitrogen and oxygen atoms in total. The first-order chi connectivity index (χ1) is 22.9. The zero-order valence-corrected chi connectivity index (χ0v) is 29.3. The number of fused-ring (bicyclic) bond motifs is 3. The van der Waals surface area contributed by atoms with E-state index < -0.39 is 69.2 Å². The quantitative estimate of drug-likeness (QED) is 0.187. The Morgan fingerprint density at radius 2 is 1.31 bits per heavy atom. The highest BCUT2D eigenvalue weighted by Gasteiger charge is 2.82. The van der Waals surface area contributed by atoms with Gasteiger partial charge in [0.05, 0.1) is 13.0 Å². The molecule has 0 aliphatic heterocycles. The second-order valence-corrected chi connectivity index (χ2v) is 13.0. The number of allylic oxidation sites excluding steroid dienone is 2. The standard InChI is InChI=1S/C36H48O12/c1-12-14-21-18-32(41-4)23(17-24(21)34(43-6,44-7)29(32)38)16-22-19-33(42-5)30(39)35(45-8,46-9)26(22)27-31(33,15-13-2)20-25(40-3)28(37)36(27,47-10)48-11/h12-13,18-20,23-24,26-27H,1-2,14-17H2,3-11H3/t23-,24-,26+,27+,31+,32+,33-/m1/s1. The van der Waals surface area contributed by atoms with Crippen molar-refractivity contribution in [2.45, 2.75) is 54.2 Å². The summed E-state index contributed by atoms with van der Waals surface area (Å²) in [5.41, 5.74) is -3.01. The van der Waals surface area contributed by atoms with Crippen LogP contribution in [-0.2, 0) is 57.0 Å². The van der Waals surface area contributed by atoms with E-state index in [1.807, 2.05) is 6.08 Å². The molecule has 12 heteroatoms. The van der Waals surface area contributed by atoms with Crippen molar-refractivity contribution in [2.75, 3.05) is 64.0 Å². The molecule has 7 atom stereocenters. The van der Waals surface area contributed by atoms with Gasteiger partial charge in [0.25, 0.3) is 5.78 Å². The van der Waals surface area contributed by atoms with Crippen LogP contribution in [0.5, 0.6) is 0 Å². The van der Waals surface area contributed by atoms with Crippen LogP contribution < -0.4 is 0 Å². The third-order valence-electron chi connectivity index (χ3n) is 11.9. The van der Waals surface area contributed by atoms with Gasteiger partial charge in [-0.1, -0.05) is 23.3 Å². The summed E-state index contributed by atoms with van der Waals surface area (Å²) in [7, 11) is 12.7. The molecule has 264 valence electrons. The molecule has 0 aromatic heterocycles. The molecule has 0 spiro atoms. The van der Waals surface area contributed by atoms with Gasteiger partial charge in [-0.15, -0.1) is 13.2 Å². The Hall–Kier alpha value is -2.81. The second kappa shape index (κ2) is 12.5. The zero-order chi connectivity index (χ0) is 35.5. The highest BCUT2D eigenvalue weighted by Crippen LogP contribution is 2.70. The van der Waals surface area contributed by atoms with Crippen LogP contribution in [0.15, 0.2) is 60.4 Å². The Kier molecular flexibility index (Phi) is 9.50. The van der Waals surface area contributed by atoms with Crippen molar-refractivity contribution in [2.24, 2.45) is 29.1 Å². The highest BCUT2D eigenvalue weighted by atomic mass is 16.7. The molecule has 7 aliphatic rings. The SMILES string of the molecule is C=CCC1=C[C@@]2(OC)C(=O)C(OC)(OC)[C@@H]1C[C@H]2CC1=C[C@@]2(OC)C(=O)C(OC)(OC)[C@@H]1[C@@H]1C(OC)(OC)C(=O)C(OC)=C[C@@]12CC=C. The summed E-state index contributed by atoms with van der Waals surface area (Å²) in [5.74, 6) is -9.85. The van der Waals surface area contributed by atoms with Crippen LogP contribution in [0.3, 0.4) is 0 Å². The van der Waals surface area contributed by atoms with Crippen LogP contribution in [0.2, 0.25) is 0 Å². The molecule has 0 saturated heterocycles. The largest absolute Gasteiger partial charge is 0.493 e. The second-order valence-electron chi connectivity index (χ2n) is 13.0. The van der Waals surface area contributed by atoms with Crippen LogP contribution in [-0.4, -0.2) is 110 Å². The van der Waals surface area contributed by atoms with Crippen LogP contribution in [0.25, 0.3) is 0 Å². The molecule has 0 N–H and O–H groups in total. The molecule has 7 aliphatic carbocycles. The first-order valence-electron chi connectivity index (χ1n) is 15.9. The Bertz CT molecular complexity index is 1460. The van der Waals surface area contributed by atoms with Crippen molar-refractivity contribution in [3.8, 4) is 0 Å². The average Bonchev–Trinajstić information content (AvgIpc) is 3.10. The number of carbonyl (C=O) groups is 3. The highest BCUT2D eigenvalue weighted by molar-refractivity contribution is 6.06. The molecule has 2 saturated carbocycles. The molecule has 0 radical (unpaired) electrons. The predicted molar refractivity (Wildman–Crippen MR) is 171 cm³/mol. The van der Waals surface area contributed by atoms with E-state index in [0.29, 0.717) is 18.4 Å². The van der Waals surface area contributed by atoms with Gasteiger partial charge < -0.3 is 42.6 Å². The van der Waals surface area contributed by atoms with Gasteiger partial charge in [-0.25, -0.2) is 0 Å². The minimum absolute atomic E-state index is 0.0483. The molecular formula is C36H48O12. The first kappa shape index (κ1) is 36.5. The molecule has 2 fully saturated rings. The normalized spacial score (nSPS) is 37.0. The topological polar surface area (TPSA) is 134 Å². The summed E-state index contributed by atoms with van der Waals surface area (Å²) < 4.78 is 54.0. The Balaban J connectivity index is 1.81. The number of rotatable bonds is 15. The lowest BCUT2D eigenvalue weighted by Gasteiger charge is -2.68. The molecule has 0 aromatic rings. The van der Waals surface area contributed by atoms with Crippen molar-refractivity contribution in [1.29, 1.82) is 0 Å². The zero-order valence-electron chi connectivity index (χ0n) is 29.3. The molecule has 0 heterocycles. The number of Topliss-reactive ketones (excluding diaryl/α,β-unsaturated/α-hetero) is 3. The summed E-state index contributed by atoms with van der Waals surface area (Å²) in [5, 5.41) is 0. The summed E-state index contributed by atoms with van der Waals surface area (Å²) in [6.07, 6.45) is 10.0. The number of ketones is 3. The van der Waals surface area contributed by atoms with Gasteiger partial charge in [-0.2, -0.15) is 0 Å². The van der Waals surface area contributed by atoms with Gasteiger partial charge >= 0.3 is 0 Å². The summed E-state index contributed by atoms with van der Waals surface area (Å²) in [6, 6.07) is 0. The van der Waals surface area contributed by atoms with E-state index >= 15 is 0 Å². The van der Waals surface area contributed by atoms with Crippen molar-refractivity contribution < 1.29 is 57.0 Å². The number of carbonyl (C=O) groups excluding carboxylic acids is 3. The lowest BCUT2D eigenvalue weighted by molar-refractivity contribution is -0.331. The maximum atomic E-state index is 14.9. The number of hydrogen-bond donors (Lipinski definition) is 0. The maximum absolute atomic E-state index is 14.9. The van der Waals surface area contributed by atoms with Crippen LogP contribution in [0.4, 0.5) is 0 Å². The van der Waals surface area contributed by atoms with Crippen molar-refractivity contribution >= 4 is 17.3 Å². The molecular weight excluding hydrogens is 624 g/mol. The third-order valence-corrected chi connectivity index (χ3v) is 11.9. The van der Waals surface area contributed by atoms with Gasteiger partial charge in [0.2, 0.25) is 28.9 Å². The minimum Gasteiger partial charge on any atom is -0.493 e. The molecule has 4 bridgehead atoms. The number of ether oxygens (including phenoxy) is 9. The molecule has 7 rings (SSSR count). The van der Waals surface area contributed by atoms with Gasteiger partial charge in [-0.05, 0) is 43.9 Å². The summed E-state index contributed by atoms with van der Waals surface area (Å²) in [6.45, 7) is 7.91. The van der Waals surface area contributed by atoms with E-state index in [1.54, 1.807) is 24.3 Å². The van der Waals surface area contributed by atoms with E-state index in [9.17, 15) is 14.4 Å². The Morgan fingerprint density at radius 3 is 1.79 bits per heavy atom.